The predicted molar refractivity (Wildman–Crippen MR) is 88.3 cm³/mol. The van der Waals surface area contributed by atoms with E-state index in [-0.39, 0.29) is 5.91 Å². The molecule has 1 N–H and O–H groups in total. The highest BCUT2D eigenvalue weighted by Crippen LogP contribution is 2.19. The molecule has 104 valence electrons. The lowest BCUT2D eigenvalue weighted by Gasteiger charge is -2.00. The first-order valence-corrected chi connectivity index (χ1v) is 7.42. The van der Waals surface area contributed by atoms with Crippen LogP contribution in [0.1, 0.15) is 11.1 Å². The van der Waals surface area contributed by atoms with Crippen molar-refractivity contribution >= 4 is 45.3 Å². The van der Waals surface area contributed by atoms with Crippen LogP contribution in [0.15, 0.2) is 63.7 Å². The number of aliphatic imine (C=N–C) groups is 1. The maximum atomic E-state index is 12.0. The zero-order valence-corrected chi connectivity index (χ0v) is 13.1. The fourth-order valence-electron chi connectivity index (χ4n) is 2.00. The Hall–Kier alpha value is -1.91. The summed E-state index contributed by atoms with van der Waals surface area (Å²) < 4.78 is 0.953. The lowest BCUT2D eigenvalue weighted by Crippen LogP contribution is -2.24. The van der Waals surface area contributed by atoms with Crippen LogP contribution in [0.3, 0.4) is 0 Å². The molecule has 3 nitrogen and oxygen atoms in total. The van der Waals surface area contributed by atoms with E-state index in [4.69, 9.17) is 11.6 Å². The van der Waals surface area contributed by atoms with Gasteiger partial charge in [-0.25, -0.2) is 4.99 Å². The van der Waals surface area contributed by atoms with Crippen molar-refractivity contribution in [1.82, 2.24) is 5.32 Å². The first-order valence-electron chi connectivity index (χ1n) is 6.25. The lowest BCUT2D eigenvalue weighted by molar-refractivity contribution is -0.115. The number of benzene rings is 2. The Morgan fingerprint density at radius 2 is 1.95 bits per heavy atom. The topological polar surface area (TPSA) is 41.5 Å². The second-order valence-corrected chi connectivity index (χ2v) is 5.86. The number of nitrogens with zero attached hydrogens (tertiary/aromatic N) is 1. The molecule has 0 radical (unpaired) electrons. The van der Waals surface area contributed by atoms with Gasteiger partial charge in [0.05, 0.1) is 0 Å². The third-order valence-corrected chi connectivity index (χ3v) is 3.68. The van der Waals surface area contributed by atoms with E-state index in [2.05, 4.69) is 26.2 Å². The Labute approximate surface area is 135 Å². The van der Waals surface area contributed by atoms with Gasteiger partial charge in [0.2, 0.25) is 0 Å². The number of hydrogen-bond acceptors (Lipinski definition) is 2. The van der Waals surface area contributed by atoms with Crippen molar-refractivity contribution in [3.05, 3.63) is 74.9 Å². The number of amidine groups is 1. The van der Waals surface area contributed by atoms with E-state index in [0.717, 1.165) is 15.6 Å². The molecule has 0 saturated heterocycles. The molecule has 0 aliphatic carbocycles. The highest BCUT2D eigenvalue weighted by molar-refractivity contribution is 9.10. The van der Waals surface area contributed by atoms with E-state index in [9.17, 15) is 4.79 Å². The number of nitrogens with one attached hydrogen (secondary N) is 1. The van der Waals surface area contributed by atoms with Gasteiger partial charge >= 0.3 is 0 Å². The quantitative estimate of drug-likeness (QED) is 0.807. The van der Waals surface area contributed by atoms with Crippen LogP contribution in [0, 0.1) is 0 Å². The van der Waals surface area contributed by atoms with Crippen LogP contribution in [0.25, 0.3) is 6.08 Å². The van der Waals surface area contributed by atoms with Gasteiger partial charge < -0.3 is 5.32 Å². The molecular weight excluding hydrogens is 352 g/mol. The summed E-state index contributed by atoms with van der Waals surface area (Å²) in [4.78, 5) is 16.3. The number of halogens is 2. The molecule has 1 heterocycles. The van der Waals surface area contributed by atoms with Gasteiger partial charge in [-0.15, -0.1) is 0 Å². The van der Waals surface area contributed by atoms with E-state index in [1.165, 1.54) is 0 Å². The summed E-state index contributed by atoms with van der Waals surface area (Å²) in [6, 6.07) is 14.9. The van der Waals surface area contributed by atoms with Crippen molar-refractivity contribution in [2.75, 3.05) is 0 Å². The number of rotatable bonds is 2. The number of hydrogen-bond donors (Lipinski definition) is 1. The minimum absolute atomic E-state index is 0.218. The van der Waals surface area contributed by atoms with Crippen molar-refractivity contribution in [3.63, 3.8) is 0 Å². The minimum Gasteiger partial charge on any atom is -0.305 e. The van der Waals surface area contributed by atoms with Gasteiger partial charge in [-0.1, -0.05) is 51.8 Å². The third kappa shape index (κ3) is 3.23. The molecule has 0 fully saturated rings. The van der Waals surface area contributed by atoms with Crippen LogP contribution in [-0.2, 0) is 4.79 Å². The monoisotopic (exact) mass is 360 g/mol. The fourth-order valence-corrected chi connectivity index (χ4v) is 2.60. The maximum absolute atomic E-state index is 12.0. The summed E-state index contributed by atoms with van der Waals surface area (Å²) in [7, 11) is 0. The van der Waals surface area contributed by atoms with Gasteiger partial charge in [0, 0.05) is 15.1 Å². The second-order valence-electron chi connectivity index (χ2n) is 4.51. The highest BCUT2D eigenvalue weighted by atomic mass is 79.9. The molecule has 1 aliphatic heterocycles. The third-order valence-electron chi connectivity index (χ3n) is 2.95. The zero-order chi connectivity index (χ0) is 14.8. The summed E-state index contributed by atoms with van der Waals surface area (Å²) in [5, 5.41) is 3.36. The molecule has 21 heavy (non-hydrogen) atoms. The van der Waals surface area contributed by atoms with Crippen LogP contribution in [-0.4, -0.2) is 11.7 Å². The van der Waals surface area contributed by atoms with Crippen molar-refractivity contribution in [2.45, 2.75) is 0 Å². The number of amides is 1. The van der Waals surface area contributed by atoms with Crippen molar-refractivity contribution < 1.29 is 4.79 Å². The van der Waals surface area contributed by atoms with E-state index in [0.29, 0.717) is 16.6 Å². The molecule has 3 rings (SSSR count). The Bertz CT molecular complexity index is 783. The summed E-state index contributed by atoms with van der Waals surface area (Å²) >= 11 is 9.36. The molecule has 0 bridgehead atoms. The Kier molecular flexibility index (Phi) is 3.90. The molecule has 0 unspecified atom stereocenters. The van der Waals surface area contributed by atoms with E-state index >= 15 is 0 Å². The molecule has 0 atom stereocenters. The molecule has 5 heteroatoms. The maximum Gasteiger partial charge on any atom is 0.275 e. The molecule has 1 aliphatic rings. The average Bonchev–Trinajstić information content (AvgIpc) is 2.80. The van der Waals surface area contributed by atoms with Crippen LogP contribution in [0.5, 0.6) is 0 Å². The van der Waals surface area contributed by atoms with E-state index in [1.54, 1.807) is 18.2 Å². The number of carbonyl (C=O) groups excluding carboxylic acids is 1. The van der Waals surface area contributed by atoms with Crippen molar-refractivity contribution in [2.24, 2.45) is 4.99 Å². The molecule has 2 aromatic carbocycles. The average molecular weight is 362 g/mol. The Balaban J connectivity index is 1.95. The summed E-state index contributed by atoms with van der Waals surface area (Å²) in [6.07, 6.45) is 1.75. The normalized spacial score (nSPS) is 16.0. The number of carbonyl (C=O) groups is 1. The van der Waals surface area contributed by atoms with Crippen molar-refractivity contribution in [1.29, 1.82) is 0 Å². The SMILES string of the molecule is O=C1NC(c2cccc(Cl)c2)=N/C1=C/c1cccc(Br)c1. The van der Waals surface area contributed by atoms with Crippen LogP contribution >= 0.6 is 27.5 Å². The van der Waals surface area contributed by atoms with Gasteiger partial charge in [0.15, 0.2) is 0 Å². The van der Waals surface area contributed by atoms with Gasteiger partial charge in [0.25, 0.3) is 5.91 Å². The van der Waals surface area contributed by atoms with Gasteiger partial charge in [-0.2, -0.15) is 0 Å². The predicted octanol–water partition coefficient (Wildman–Crippen LogP) is 4.02. The smallest absolute Gasteiger partial charge is 0.275 e. The van der Waals surface area contributed by atoms with Gasteiger partial charge in [-0.05, 0) is 35.9 Å². The first-order chi connectivity index (χ1) is 10.1. The zero-order valence-electron chi connectivity index (χ0n) is 10.8. The summed E-state index contributed by atoms with van der Waals surface area (Å²) in [6.45, 7) is 0. The molecule has 0 aromatic heterocycles. The molecule has 1 amide bonds. The van der Waals surface area contributed by atoms with Crippen LogP contribution < -0.4 is 5.32 Å². The molecule has 0 saturated carbocycles. The Morgan fingerprint density at radius 1 is 1.14 bits per heavy atom. The standard InChI is InChI=1S/C16H10BrClN2O/c17-12-5-1-3-10(7-12)8-14-16(21)20-15(19-14)11-4-2-6-13(18)9-11/h1-9H,(H,19,20,21)/b14-8+. The second kappa shape index (κ2) is 5.84. The van der Waals surface area contributed by atoms with Crippen LogP contribution in [0.2, 0.25) is 5.02 Å². The van der Waals surface area contributed by atoms with Crippen molar-refractivity contribution in [3.8, 4) is 0 Å². The summed E-state index contributed by atoms with van der Waals surface area (Å²) in [5.41, 5.74) is 2.07. The molecule has 2 aromatic rings. The summed E-state index contributed by atoms with van der Waals surface area (Å²) in [5.74, 6) is 0.300. The lowest BCUT2D eigenvalue weighted by atomic mass is 10.2. The molecular formula is C16H10BrClN2O. The Morgan fingerprint density at radius 3 is 2.71 bits per heavy atom. The largest absolute Gasteiger partial charge is 0.305 e. The molecule has 0 spiro atoms. The van der Waals surface area contributed by atoms with E-state index in [1.807, 2.05) is 36.4 Å². The first kappa shape index (κ1) is 14.0. The van der Waals surface area contributed by atoms with Gasteiger partial charge in [-0.3, -0.25) is 4.79 Å². The highest BCUT2D eigenvalue weighted by Gasteiger charge is 2.21. The van der Waals surface area contributed by atoms with Gasteiger partial charge in [0.1, 0.15) is 11.5 Å². The van der Waals surface area contributed by atoms with Crippen LogP contribution in [0.4, 0.5) is 0 Å². The minimum atomic E-state index is -0.218. The van der Waals surface area contributed by atoms with E-state index < -0.39 is 0 Å². The fraction of sp³-hybridized carbons (Fsp3) is 0.